The van der Waals surface area contributed by atoms with Gasteiger partial charge in [-0.25, -0.2) is 8.42 Å². The van der Waals surface area contributed by atoms with Gasteiger partial charge in [-0.2, -0.15) is 0 Å². The summed E-state index contributed by atoms with van der Waals surface area (Å²) in [6.07, 6.45) is 1.17. The van der Waals surface area contributed by atoms with Crippen molar-refractivity contribution >= 4 is 21.6 Å². The Balaban J connectivity index is 2.58. The number of aromatic nitrogens is 2. The van der Waals surface area contributed by atoms with Crippen LogP contribution in [0.4, 0.5) is 5.82 Å². The lowest BCUT2D eigenvalue weighted by molar-refractivity contribution is 0.0821. The molecule has 0 bridgehead atoms. The minimum absolute atomic E-state index is 0.0209. The number of anilines is 1. The van der Waals surface area contributed by atoms with Gasteiger partial charge in [0.1, 0.15) is 15.7 Å². The van der Waals surface area contributed by atoms with Crippen LogP contribution in [0.1, 0.15) is 10.5 Å². The van der Waals surface area contributed by atoms with E-state index in [0.717, 1.165) is 0 Å². The second kappa shape index (κ2) is 5.76. The first kappa shape index (κ1) is 14.4. The molecule has 0 spiro atoms. The zero-order chi connectivity index (χ0) is 13.8. The average Bonchev–Trinajstić information content (AvgIpc) is 2.27. The number of amides is 1. The molecule has 0 aliphatic rings. The van der Waals surface area contributed by atoms with Gasteiger partial charge in [-0.3, -0.25) is 4.79 Å². The van der Waals surface area contributed by atoms with Crippen LogP contribution in [-0.4, -0.2) is 62.1 Å². The van der Waals surface area contributed by atoms with Crippen LogP contribution >= 0.6 is 0 Å². The predicted molar refractivity (Wildman–Crippen MR) is 68.3 cm³/mol. The van der Waals surface area contributed by atoms with E-state index in [1.807, 2.05) is 0 Å². The van der Waals surface area contributed by atoms with Gasteiger partial charge < -0.3 is 10.2 Å². The molecule has 1 amide bonds. The van der Waals surface area contributed by atoms with Crippen LogP contribution in [0, 0.1) is 0 Å². The van der Waals surface area contributed by atoms with Crippen molar-refractivity contribution in [3.63, 3.8) is 0 Å². The van der Waals surface area contributed by atoms with Crippen LogP contribution in [0.2, 0.25) is 0 Å². The van der Waals surface area contributed by atoms with Gasteiger partial charge in [0, 0.05) is 26.9 Å². The number of carbonyl (C=O) groups excluding carboxylic acids is 1. The first-order valence-corrected chi connectivity index (χ1v) is 7.32. The summed E-state index contributed by atoms with van der Waals surface area (Å²) in [6, 6.07) is 3.13. The van der Waals surface area contributed by atoms with E-state index >= 15 is 0 Å². The van der Waals surface area contributed by atoms with Crippen LogP contribution in [0.25, 0.3) is 0 Å². The van der Waals surface area contributed by atoms with Gasteiger partial charge in [-0.15, -0.1) is 10.2 Å². The lowest BCUT2D eigenvalue weighted by Crippen LogP contribution is -2.23. The molecule has 0 atom stereocenters. The summed E-state index contributed by atoms with van der Waals surface area (Å²) in [4.78, 5) is 12.9. The van der Waals surface area contributed by atoms with Crippen LogP contribution in [0.15, 0.2) is 12.1 Å². The number of hydrogen-bond acceptors (Lipinski definition) is 6. The van der Waals surface area contributed by atoms with Crippen molar-refractivity contribution in [2.24, 2.45) is 0 Å². The highest BCUT2D eigenvalue weighted by Crippen LogP contribution is 2.03. The first-order valence-electron chi connectivity index (χ1n) is 5.26. The van der Waals surface area contributed by atoms with Crippen molar-refractivity contribution in [2.75, 3.05) is 38.0 Å². The third-order valence-electron chi connectivity index (χ3n) is 2.07. The minimum atomic E-state index is -3.00. The SMILES string of the molecule is CN(C)C(=O)c1ccc(NCCS(C)(=O)=O)nn1. The smallest absolute Gasteiger partial charge is 0.273 e. The molecule has 0 aliphatic carbocycles. The topological polar surface area (TPSA) is 92.3 Å². The normalized spacial score (nSPS) is 11.1. The Kier molecular flexibility index (Phi) is 4.60. The van der Waals surface area contributed by atoms with Crippen molar-refractivity contribution in [1.82, 2.24) is 15.1 Å². The monoisotopic (exact) mass is 272 g/mol. The molecule has 18 heavy (non-hydrogen) atoms. The standard InChI is InChI=1S/C10H16N4O3S/c1-14(2)10(15)8-4-5-9(13-12-8)11-6-7-18(3,16)17/h4-5H,6-7H2,1-3H3,(H,11,13). The molecule has 0 saturated carbocycles. The van der Waals surface area contributed by atoms with E-state index in [1.165, 1.54) is 17.2 Å². The molecular formula is C10H16N4O3S. The van der Waals surface area contributed by atoms with Crippen LogP contribution < -0.4 is 5.32 Å². The van der Waals surface area contributed by atoms with Crippen molar-refractivity contribution in [1.29, 1.82) is 0 Å². The van der Waals surface area contributed by atoms with Crippen molar-refractivity contribution in [3.8, 4) is 0 Å². The summed E-state index contributed by atoms with van der Waals surface area (Å²) in [5, 5.41) is 10.4. The van der Waals surface area contributed by atoms with E-state index in [2.05, 4.69) is 15.5 Å². The number of rotatable bonds is 5. The van der Waals surface area contributed by atoms with E-state index in [-0.39, 0.29) is 23.9 Å². The molecule has 7 nitrogen and oxygen atoms in total. The molecule has 0 saturated heterocycles. The summed E-state index contributed by atoms with van der Waals surface area (Å²) in [5.74, 6) is 0.228. The van der Waals surface area contributed by atoms with E-state index in [4.69, 9.17) is 0 Å². The molecule has 0 aromatic carbocycles. The molecule has 0 unspecified atom stereocenters. The van der Waals surface area contributed by atoms with Gasteiger partial charge >= 0.3 is 0 Å². The average molecular weight is 272 g/mol. The number of nitrogens with one attached hydrogen (secondary N) is 1. The molecular weight excluding hydrogens is 256 g/mol. The van der Waals surface area contributed by atoms with Crippen molar-refractivity contribution in [3.05, 3.63) is 17.8 Å². The molecule has 0 radical (unpaired) electrons. The largest absolute Gasteiger partial charge is 0.368 e. The number of sulfone groups is 1. The van der Waals surface area contributed by atoms with E-state index in [0.29, 0.717) is 5.82 Å². The first-order chi connectivity index (χ1) is 8.29. The van der Waals surface area contributed by atoms with Crippen molar-refractivity contribution in [2.45, 2.75) is 0 Å². The van der Waals surface area contributed by atoms with Crippen LogP contribution in [-0.2, 0) is 9.84 Å². The fourth-order valence-corrected chi connectivity index (χ4v) is 1.61. The Hall–Kier alpha value is -1.70. The maximum absolute atomic E-state index is 11.5. The van der Waals surface area contributed by atoms with Gasteiger partial charge in [0.25, 0.3) is 5.91 Å². The Morgan fingerprint density at radius 1 is 1.33 bits per heavy atom. The number of hydrogen-bond donors (Lipinski definition) is 1. The minimum Gasteiger partial charge on any atom is -0.368 e. The van der Waals surface area contributed by atoms with Gasteiger partial charge in [0.15, 0.2) is 5.69 Å². The van der Waals surface area contributed by atoms with Crippen LogP contribution in [0.5, 0.6) is 0 Å². The maximum atomic E-state index is 11.5. The Bertz CT molecular complexity index is 510. The summed E-state index contributed by atoms with van der Waals surface area (Å²) in [6.45, 7) is 0.258. The summed E-state index contributed by atoms with van der Waals surface area (Å²) in [7, 11) is 0.256. The quantitative estimate of drug-likeness (QED) is 0.786. The zero-order valence-corrected chi connectivity index (χ0v) is 11.4. The third-order valence-corrected chi connectivity index (χ3v) is 3.01. The summed E-state index contributed by atoms with van der Waals surface area (Å²) >= 11 is 0. The van der Waals surface area contributed by atoms with E-state index in [1.54, 1.807) is 20.2 Å². The lowest BCUT2D eigenvalue weighted by Gasteiger charge is -2.09. The molecule has 8 heteroatoms. The Labute approximate surface area is 106 Å². The molecule has 1 rings (SSSR count). The fourth-order valence-electron chi connectivity index (χ4n) is 1.13. The highest BCUT2D eigenvalue weighted by molar-refractivity contribution is 7.90. The third kappa shape index (κ3) is 4.66. The second-order valence-electron chi connectivity index (χ2n) is 4.06. The van der Waals surface area contributed by atoms with Gasteiger partial charge in [-0.05, 0) is 12.1 Å². The highest BCUT2D eigenvalue weighted by atomic mass is 32.2. The zero-order valence-electron chi connectivity index (χ0n) is 10.5. The fraction of sp³-hybridized carbons (Fsp3) is 0.500. The second-order valence-corrected chi connectivity index (χ2v) is 6.32. The van der Waals surface area contributed by atoms with Crippen LogP contribution in [0.3, 0.4) is 0 Å². The Morgan fingerprint density at radius 3 is 2.44 bits per heavy atom. The summed E-state index contributed by atoms with van der Waals surface area (Å²) in [5.41, 5.74) is 0.244. The molecule has 100 valence electrons. The molecule has 0 fully saturated rings. The maximum Gasteiger partial charge on any atom is 0.273 e. The van der Waals surface area contributed by atoms with Gasteiger partial charge in [0.2, 0.25) is 0 Å². The van der Waals surface area contributed by atoms with Gasteiger partial charge in [0.05, 0.1) is 5.75 Å². The molecule has 1 heterocycles. The molecule has 1 aromatic heterocycles. The summed E-state index contributed by atoms with van der Waals surface area (Å²) < 4.78 is 21.8. The molecule has 1 N–H and O–H groups in total. The molecule has 0 aliphatic heterocycles. The lowest BCUT2D eigenvalue weighted by atomic mass is 10.3. The predicted octanol–water partition coefficient (Wildman–Crippen LogP) is -0.365. The Morgan fingerprint density at radius 2 is 2.00 bits per heavy atom. The van der Waals surface area contributed by atoms with Gasteiger partial charge in [-0.1, -0.05) is 0 Å². The van der Waals surface area contributed by atoms with E-state index < -0.39 is 9.84 Å². The van der Waals surface area contributed by atoms with Crippen molar-refractivity contribution < 1.29 is 13.2 Å². The number of carbonyl (C=O) groups is 1. The van der Waals surface area contributed by atoms with E-state index in [9.17, 15) is 13.2 Å². The highest BCUT2D eigenvalue weighted by Gasteiger charge is 2.10. The molecule has 1 aromatic rings. The number of nitrogens with zero attached hydrogens (tertiary/aromatic N) is 3.